The van der Waals surface area contributed by atoms with Crippen molar-refractivity contribution in [1.29, 1.82) is 5.41 Å². The molecule has 16 heavy (non-hydrogen) atoms. The Kier molecular flexibility index (Phi) is 19.1. The van der Waals surface area contributed by atoms with Crippen LogP contribution in [0.15, 0.2) is 0 Å². The van der Waals surface area contributed by atoms with Gasteiger partial charge >= 0.3 is 0 Å². The number of hydrogen-bond donors (Lipinski definition) is 1. The van der Waals surface area contributed by atoms with Gasteiger partial charge in [0.05, 0.1) is 0 Å². The van der Waals surface area contributed by atoms with E-state index in [0.29, 0.717) is 0 Å². The third-order valence-corrected chi connectivity index (χ3v) is 5.83. The summed E-state index contributed by atoms with van der Waals surface area (Å²) in [6.07, 6.45) is 9.40. The molecule has 0 aliphatic heterocycles. The van der Waals surface area contributed by atoms with Crippen molar-refractivity contribution >= 4 is 14.9 Å². The van der Waals surface area contributed by atoms with Crippen LogP contribution in [0.4, 0.5) is 0 Å². The maximum Gasteiger partial charge on any atom is 0.231 e. The lowest BCUT2D eigenvalue weighted by Crippen LogP contribution is -2.11. The van der Waals surface area contributed by atoms with Crippen LogP contribution in [0, 0.1) is 5.41 Å². The highest BCUT2D eigenvalue weighted by atomic mass is 28.3. The fraction of sp³-hybridized carbons (Fsp3) is 0.923. The maximum atomic E-state index is 8.35. The summed E-state index contributed by atoms with van der Waals surface area (Å²) in [5.41, 5.74) is 0. The molecule has 0 saturated carbocycles. The fourth-order valence-electron chi connectivity index (χ4n) is 1.66. The zero-order valence-electron chi connectivity index (χ0n) is 11.3. The molecule has 0 aliphatic carbocycles. The molecule has 0 rings (SSSR count). The van der Waals surface area contributed by atoms with Gasteiger partial charge in [0.15, 0.2) is 0 Å². The topological polar surface area (TPSA) is 40.9 Å². The van der Waals surface area contributed by atoms with Gasteiger partial charge < -0.3 is 0 Å². The van der Waals surface area contributed by atoms with E-state index < -0.39 is 0 Å². The Morgan fingerprint density at radius 1 is 0.875 bits per heavy atom. The van der Waals surface area contributed by atoms with Crippen LogP contribution in [0.3, 0.4) is 0 Å². The van der Waals surface area contributed by atoms with Crippen LogP contribution >= 0.6 is 0 Å². The molecule has 0 fully saturated rings. The van der Waals surface area contributed by atoms with Gasteiger partial charge in [-0.15, -0.1) is 0 Å². The molecule has 0 bridgehead atoms. The zero-order valence-corrected chi connectivity index (χ0v) is 12.3. The minimum Gasteiger partial charge on any atom is -0.222 e. The van der Waals surface area contributed by atoms with Gasteiger partial charge in [-0.05, 0) is 0 Å². The van der Waals surface area contributed by atoms with Crippen LogP contribution in [0.2, 0.25) is 18.1 Å². The molecule has 0 aromatic carbocycles. The zero-order chi connectivity index (χ0) is 12.6. The van der Waals surface area contributed by atoms with E-state index >= 15 is 0 Å². The van der Waals surface area contributed by atoms with Crippen LogP contribution in [0.5, 0.6) is 0 Å². The Morgan fingerprint density at radius 2 is 1.12 bits per heavy atom. The molecule has 0 unspecified atom stereocenters. The summed E-state index contributed by atoms with van der Waals surface area (Å²) in [5, 5.41) is 5.40. The van der Waals surface area contributed by atoms with Gasteiger partial charge in [-0.1, -0.05) is 77.4 Å². The summed E-state index contributed by atoms with van der Waals surface area (Å²) >= 11 is 0. The van der Waals surface area contributed by atoms with Gasteiger partial charge in [-0.2, -0.15) is 0 Å². The molecule has 95 valence electrons. The Balaban J connectivity index is 0. The van der Waals surface area contributed by atoms with Crippen molar-refractivity contribution in [3.63, 3.8) is 0 Å². The highest BCUT2D eigenvalue weighted by Gasteiger charge is 2.08. The second-order valence-corrected chi connectivity index (χ2v) is 7.16. The average molecular weight is 242 g/mol. The van der Waals surface area contributed by atoms with Crippen molar-refractivity contribution < 1.29 is 4.79 Å². The minimum atomic E-state index is 0.0675. The lowest BCUT2D eigenvalue weighted by Gasteiger charge is -2.13. The summed E-state index contributed by atoms with van der Waals surface area (Å²) in [6.45, 7) is 6.96. The summed E-state index contributed by atoms with van der Waals surface area (Å²) in [6, 6.07) is 4.75. The van der Waals surface area contributed by atoms with E-state index in [9.17, 15) is 0 Å². The van der Waals surface area contributed by atoms with Gasteiger partial charge in [-0.25, -0.2) is 10.2 Å². The number of unbranched alkanes of at least 4 members (excludes halogenated alkanes) is 3. The molecule has 0 aromatic rings. The first-order valence-corrected chi connectivity index (χ1v) is 8.76. The van der Waals surface area contributed by atoms with Gasteiger partial charge in [0.25, 0.3) is 0 Å². The molecule has 0 spiro atoms. The highest BCUT2D eigenvalue weighted by Crippen LogP contribution is 2.16. The van der Waals surface area contributed by atoms with Crippen LogP contribution in [0.1, 0.15) is 59.3 Å². The molecule has 0 aliphatic rings. The van der Waals surface area contributed by atoms with Crippen molar-refractivity contribution in [1.82, 2.24) is 0 Å². The van der Waals surface area contributed by atoms with E-state index in [0.717, 1.165) is 6.08 Å². The monoisotopic (exact) mass is 242 g/mol. The summed E-state index contributed by atoms with van der Waals surface area (Å²) < 4.78 is 0. The lowest BCUT2D eigenvalue weighted by atomic mass is 10.4. The Labute approximate surface area is 103 Å². The predicted molar refractivity (Wildman–Crippen MR) is 73.3 cm³/mol. The van der Waals surface area contributed by atoms with E-state index in [1.165, 1.54) is 38.5 Å². The second kappa shape index (κ2) is 17.0. The van der Waals surface area contributed by atoms with Crippen LogP contribution in [0.25, 0.3) is 0 Å². The van der Waals surface area contributed by atoms with Gasteiger partial charge in [0.2, 0.25) is 6.08 Å². The quantitative estimate of drug-likeness (QED) is 0.353. The minimum absolute atomic E-state index is 0.0675. The SMILES string of the molecule is CCCC[Si](CCCC)CCCC.N=C=O. The smallest absolute Gasteiger partial charge is 0.222 e. The molecular formula is C13H28NOSi. The molecule has 3 heteroatoms. The van der Waals surface area contributed by atoms with Crippen molar-refractivity contribution in [2.24, 2.45) is 0 Å². The van der Waals surface area contributed by atoms with Gasteiger partial charge in [0, 0.05) is 8.80 Å². The van der Waals surface area contributed by atoms with Crippen molar-refractivity contribution in [3.05, 3.63) is 0 Å². The first-order valence-electron chi connectivity index (χ1n) is 6.64. The molecule has 0 saturated heterocycles. The van der Waals surface area contributed by atoms with E-state index in [4.69, 9.17) is 10.2 Å². The second-order valence-electron chi connectivity index (χ2n) is 4.16. The highest BCUT2D eigenvalue weighted by molar-refractivity contribution is 6.58. The van der Waals surface area contributed by atoms with Crippen molar-refractivity contribution in [2.45, 2.75) is 77.4 Å². The fourth-order valence-corrected chi connectivity index (χ4v) is 4.97. The Hall–Kier alpha value is -0.403. The molecule has 0 atom stereocenters. The molecule has 1 N–H and O–H groups in total. The Morgan fingerprint density at radius 3 is 1.31 bits per heavy atom. The van der Waals surface area contributed by atoms with E-state index in [2.05, 4.69) is 20.8 Å². The first-order chi connectivity index (χ1) is 7.76. The number of isocyanates is 1. The van der Waals surface area contributed by atoms with E-state index in [-0.39, 0.29) is 8.80 Å². The predicted octanol–water partition coefficient (Wildman–Crippen LogP) is 4.78. The summed E-state index contributed by atoms with van der Waals surface area (Å²) in [7, 11) is 0.0675. The number of nitrogens with one attached hydrogen (secondary N) is 1. The number of rotatable bonds is 9. The molecule has 0 aromatic heterocycles. The molecule has 0 amide bonds. The standard InChI is InChI=1S/C12H27Si.CHNO/c1-4-7-10-13(11-8-5-2)12-9-6-3;2-1-3/h4-12H2,1-3H3;2H. The third kappa shape index (κ3) is 16.0. The molecule has 0 heterocycles. The molecule has 2 nitrogen and oxygen atoms in total. The van der Waals surface area contributed by atoms with Crippen molar-refractivity contribution in [3.8, 4) is 0 Å². The maximum absolute atomic E-state index is 8.35. The van der Waals surface area contributed by atoms with Crippen LogP contribution in [-0.4, -0.2) is 14.9 Å². The largest absolute Gasteiger partial charge is 0.231 e. The molecular weight excluding hydrogens is 214 g/mol. The van der Waals surface area contributed by atoms with Crippen LogP contribution < -0.4 is 0 Å². The van der Waals surface area contributed by atoms with Crippen molar-refractivity contribution in [2.75, 3.05) is 0 Å². The first kappa shape index (κ1) is 18.0. The summed E-state index contributed by atoms with van der Waals surface area (Å²) in [5.74, 6) is 0. The molecule has 1 radical (unpaired) electrons. The summed E-state index contributed by atoms with van der Waals surface area (Å²) in [4.78, 5) is 8.35. The normalized spacial score (nSPS) is 9.50. The number of hydrogen-bond acceptors (Lipinski definition) is 2. The average Bonchev–Trinajstić information content (AvgIpc) is 2.29. The van der Waals surface area contributed by atoms with E-state index in [1.54, 1.807) is 18.1 Å². The lowest BCUT2D eigenvalue weighted by molar-refractivity contribution is 0.563. The van der Waals surface area contributed by atoms with Gasteiger partial charge in [-0.3, -0.25) is 0 Å². The third-order valence-electron chi connectivity index (χ3n) is 2.65. The Bertz CT molecular complexity index is 137. The van der Waals surface area contributed by atoms with Gasteiger partial charge in [0.1, 0.15) is 0 Å². The van der Waals surface area contributed by atoms with Crippen LogP contribution in [-0.2, 0) is 4.79 Å². The van der Waals surface area contributed by atoms with E-state index in [1.807, 2.05) is 0 Å². The number of carbonyl (C=O) groups excluding carboxylic acids is 1.